The fraction of sp³-hybridized carbons (Fsp3) is 0. The number of benzene rings is 2. The summed E-state index contributed by atoms with van der Waals surface area (Å²) in [6, 6.07) is 6.65. The van der Waals surface area contributed by atoms with Crippen molar-refractivity contribution < 1.29 is 24.0 Å². The molecule has 0 heterocycles. The molecule has 8 heteroatoms. The van der Waals surface area contributed by atoms with Gasteiger partial charge in [0.15, 0.2) is 0 Å². The second kappa shape index (κ2) is 5.76. The van der Waals surface area contributed by atoms with Crippen LogP contribution in [0.4, 0.5) is 10.1 Å². The molecule has 0 saturated carbocycles. The predicted octanol–water partition coefficient (Wildman–Crippen LogP) is 3.88. The van der Waals surface area contributed by atoms with E-state index >= 15 is 0 Å². The van der Waals surface area contributed by atoms with Gasteiger partial charge in [0.2, 0.25) is 0 Å². The van der Waals surface area contributed by atoms with Crippen molar-refractivity contribution in [3.8, 4) is 11.5 Å². The lowest BCUT2D eigenvalue weighted by atomic mass is 10.1. The van der Waals surface area contributed by atoms with Crippen LogP contribution in [0, 0.1) is 15.9 Å². The van der Waals surface area contributed by atoms with Crippen molar-refractivity contribution in [2.45, 2.75) is 0 Å². The molecule has 0 aromatic heterocycles. The zero-order valence-corrected chi connectivity index (χ0v) is 11.0. The second-order valence-electron chi connectivity index (χ2n) is 3.92. The van der Waals surface area contributed by atoms with E-state index in [9.17, 15) is 19.3 Å². The number of nitro benzene ring substituents is 1. The molecule has 0 unspecified atom stereocenters. The van der Waals surface area contributed by atoms with Crippen molar-refractivity contribution >= 4 is 23.3 Å². The monoisotopic (exact) mass is 311 g/mol. The maximum Gasteiger partial charge on any atom is 0.342 e. The molecular formula is C13H7ClFNO5. The van der Waals surface area contributed by atoms with Gasteiger partial charge < -0.3 is 9.84 Å². The number of aromatic carboxylic acids is 1. The lowest BCUT2D eigenvalue weighted by molar-refractivity contribution is -0.385. The first-order chi connectivity index (χ1) is 9.88. The molecule has 0 bridgehead atoms. The smallest absolute Gasteiger partial charge is 0.342 e. The van der Waals surface area contributed by atoms with Crippen molar-refractivity contribution in [3.05, 3.63) is 62.9 Å². The Hall–Kier alpha value is -2.67. The summed E-state index contributed by atoms with van der Waals surface area (Å²) in [5, 5.41) is 19.7. The van der Waals surface area contributed by atoms with Crippen LogP contribution in [0.5, 0.6) is 11.5 Å². The third-order valence-electron chi connectivity index (χ3n) is 2.52. The number of hydrogen-bond acceptors (Lipinski definition) is 4. The number of nitrogens with zero attached hydrogens (tertiary/aromatic N) is 1. The number of hydrogen-bond donors (Lipinski definition) is 1. The van der Waals surface area contributed by atoms with Gasteiger partial charge in [-0.1, -0.05) is 11.6 Å². The van der Waals surface area contributed by atoms with Crippen LogP contribution < -0.4 is 4.74 Å². The van der Waals surface area contributed by atoms with Crippen LogP contribution in [-0.4, -0.2) is 16.0 Å². The molecule has 2 aromatic rings. The Balaban J connectivity index is 2.39. The molecule has 0 aliphatic carbocycles. The highest BCUT2D eigenvalue weighted by molar-refractivity contribution is 6.32. The van der Waals surface area contributed by atoms with E-state index < -0.39 is 28.0 Å². The molecule has 6 nitrogen and oxygen atoms in total. The van der Waals surface area contributed by atoms with Gasteiger partial charge in [-0.2, -0.15) is 0 Å². The average molecular weight is 312 g/mol. The number of ether oxygens (including phenoxy) is 1. The normalized spacial score (nSPS) is 10.2. The van der Waals surface area contributed by atoms with E-state index in [1.165, 1.54) is 12.1 Å². The molecule has 0 amide bonds. The average Bonchev–Trinajstić information content (AvgIpc) is 2.41. The number of nitro groups is 1. The Labute approximate surface area is 122 Å². The molecule has 0 saturated heterocycles. The van der Waals surface area contributed by atoms with Crippen LogP contribution in [0.1, 0.15) is 10.4 Å². The first-order valence-electron chi connectivity index (χ1n) is 5.53. The van der Waals surface area contributed by atoms with Gasteiger partial charge in [-0.3, -0.25) is 10.1 Å². The first-order valence-corrected chi connectivity index (χ1v) is 5.91. The maximum absolute atomic E-state index is 12.9. The van der Waals surface area contributed by atoms with E-state index in [-0.39, 0.29) is 16.5 Å². The van der Waals surface area contributed by atoms with Crippen molar-refractivity contribution in [3.63, 3.8) is 0 Å². The summed E-state index contributed by atoms with van der Waals surface area (Å²) >= 11 is 5.77. The van der Waals surface area contributed by atoms with E-state index in [2.05, 4.69) is 0 Å². The minimum Gasteiger partial charge on any atom is -0.477 e. The Morgan fingerprint density at radius 3 is 2.57 bits per heavy atom. The Morgan fingerprint density at radius 2 is 2.00 bits per heavy atom. The summed E-state index contributed by atoms with van der Waals surface area (Å²) in [5.41, 5.74) is -1.07. The second-order valence-corrected chi connectivity index (χ2v) is 4.33. The summed E-state index contributed by atoms with van der Waals surface area (Å²) < 4.78 is 18.2. The highest BCUT2D eigenvalue weighted by Gasteiger charge is 2.21. The first kappa shape index (κ1) is 14.7. The highest BCUT2D eigenvalue weighted by atomic mass is 35.5. The predicted molar refractivity (Wildman–Crippen MR) is 71.5 cm³/mol. The molecule has 0 fully saturated rings. The van der Waals surface area contributed by atoms with E-state index in [4.69, 9.17) is 21.4 Å². The fourth-order valence-corrected chi connectivity index (χ4v) is 1.80. The number of carboxylic acid groups (broad SMARTS) is 1. The van der Waals surface area contributed by atoms with E-state index in [1.54, 1.807) is 0 Å². The minimum atomic E-state index is -1.42. The summed E-state index contributed by atoms with van der Waals surface area (Å²) in [5.74, 6) is -1.87. The third kappa shape index (κ3) is 3.26. The Kier molecular flexibility index (Phi) is 4.04. The summed E-state index contributed by atoms with van der Waals surface area (Å²) in [7, 11) is 0. The molecule has 108 valence electrons. The molecule has 0 aliphatic rings. The van der Waals surface area contributed by atoms with Gasteiger partial charge in [-0.15, -0.1) is 0 Å². The maximum atomic E-state index is 12.9. The van der Waals surface area contributed by atoms with Crippen LogP contribution in [-0.2, 0) is 0 Å². The molecule has 0 aliphatic heterocycles. The quantitative estimate of drug-likeness (QED) is 0.683. The molecule has 0 radical (unpaired) electrons. The lowest BCUT2D eigenvalue weighted by Gasteiger charge is -2.08. The van der Waals surface area contributed by atoms with Gasteiger partial charge in [0.25, 0.3) is 5.69 Å². The van der Waals surface area contributed by atoms with Gasteiger partial charge in [0, 0.05) is 0 Å². The van der Waals surface area contributed by atoms with E-state index in [0.29, 0.717) is 0 Å². The van der Waals surface area contributed by atoms with Gasteiger partial charge in [-0.25, -0.2) is 9.18 Å². The number of rotatable bonds is 4. The molecular weight excluding hydrogens is 305 g/mol. The number of carbonyl (C=O) groups is 1. The zero-order chi connectivity index (χ0) is 15.6. The highest BCUT2D eigenvalue weighted by Crippen LogP contribution is 2.32. The lowest BCUT2D eigenvalue weighted by Crippen LogP contribution is -2.02. The van der Waals surface area contributed by atoms with Crippen molar-refractivity contribution in [2.75, 3.05) is 0 Å². The fourth-order valence-electron chi connectivity index (χ4n) is 1.59. The minimum absolute atomic E-state index is 0.0139. The largest absolute Gasteiger partial charge is 0.477 e. The summed E-state index contributed by atoms with van der Waals surface area (Å²) in [6.45, 7) is 0. The van der Waals surface area contributed by atoms with E-state index in [0.717, 1.165) is 24.3 Å². The summed E-state index contributed by atoms with van der Waals surface area (Å²) in [6.07, 6.45) is 0. The van der Waals surface area contributed by atoms with E-state index in [1.807, 2.05) is 0 Å². The van der Waals surface area contributed by atoms with Gasteiger partial charge in [0.05, 0.1) is 16.0 Å². The zero-order valence-electron chi connectivity index (χ0n) is 10.2. The van der Waals surface area contributed by atoms with Crippen LogP contribution in [0.15, 0.2) is 36.4 Å². The SMILES string of the molecule is O=C(O)c1ccc(Oc2ccc(F)cc2Cl)cc1[N+](=O)[O-]. The van der Waals surface area contributed by atoms with Gasteiger partial charge in [0.1, 0.15) is 22.9 Å². The van der Waals surface area contributed by atoms with Crippen LogP contribution in [0.25, 0.3) is 0 Å². The van der Waals surface area contributed by atoms with Crippen molar-refractivity contribution in [2.24, 2.45) is 0 Å². The van der Waals surface area contributed by atoms with Crippen LogP contribution in [0.3, 0.4) is 0 Å². The topological polar surface area (TPSA) is 89.7 Å². The van der Waals surface area contributed by atoms with Crippen molar-refractivity contribution in [1.82, 2.24) is 0 Å². The van der Waals surface area contributed by atoms with Crippen LogP contribution in [0.2, 0.25) is 5.02 Å². The van der Waals surface area contributed by atoms with Gasteiger partial charge >= 0.3 is 5.97 Å². The molecule has 1 N–H and O–H groups in total. The summed E-state index contributed by atoms with van der Waals surface area (Å²) in [4.78, 5) is 20.9. The van der Waals surface area contributed by atoms with Gasteiger partial charge in [-0.05, 0) is 30.3 Å². The van der Waals surface area contributed by atoms with Crippen molar-refractivity contribution in [1.29, 1.82) is 0 Å². The molecule has 2 aromatic carbocycles. The Bertz CT molecular complexity index is 734. The molecule has 0 spiro atoms. The van der Waals surface area contributed by atoms with Crippen LogP contribution >= 0.6 is 11.6 Å². The number of carboxylic acids is 1. The Morgan fingerprint density at radius 1 is 1.29 bits per heavy atom. The number of halogens is 2. The molecule has 21 heavy (non-hydrogen) atoms. The third-order valence-corrected chi connectivity index (χ3v) is 2.81. The molecule has 2 rings (SSSR count). The standard InChI is InChI=1S/C13H7ClFNO5/c14-10-5-7(15)1-4-12(10)21-8-2-3-9(13(17)18)11(6-8)16(19)20/h1-6H,(H,17,18). The molecule has 0 atom stereocenters.